The first kappa shape index (κ1) is 13.2. The summed E-state index contributed by atoms with van der Waals surface area (Å²) >= 11 is 0. The highest BCUT2D eigenvalue weighted by Crippen LogP contribution is 2.24. The third-order valence-corrected chi connectivity index (χ3v) is 2.57. The van der Waals surface area contributed by atoms with Crippen molar-refractivity contribution in [1.29, 1.82) is 0 Å². The molecule has 6 heteroatoms. The number of phenols is 1. The fraction of sp³-hybridized carbons (Fsp3) is 0.0769. The molecule has 0 fully saturated rings. The molecule has 0 atom stereocenters. The normalized spacial score (nSPS) is 10.5. The Balaban J connectivity index is 2.20. The lowest BCUT2D eigenvalue weighted by Gasteiger charge is -2.10. The Bertz CT molecular complexity index is 616. The van der Waals surface area contributed by atoms with Crippen LogP contribution in [-0.4, -0.2) is 5.11 Å². The van der Waals surface area contributed by atoms with E-state index in [4.69, 9.17) is 0 Å². The van der Waals surface area contributed by atoms with Gasteiger partial charge in [-0.1, -0.05) is 12.1 Å². The Labute approximate surface area is 106 Å². The minimum atomic E-state index is -1.59. The zero-order valence-corrected chi connectivity index (χ0v) is 9.55. The van der Waals surface area contributed by atoms with Crippen molar-refractivity contribution in [2.24, 2.45) is 0 Å². The van der Waals surface area contributed by atoms with Gasteiger partial charge in [-0.15, -0.1) is 0 Å². The van der Waals surface area contributed by atoms with E-state index in [-0.39, 0.29) is 17.8 Å². The van der Waals surface area contributed by atoms with Gasteiger partial charge in [0.1, 0.15) is 0 Å². The Hall–Kier alpha value is -2.24. The SMILES string of the molecule is Oc1c(F)cccc1CNc1ccc(F)c(F)c1F. The van der Waals surface area contributed by atoms with E-state index in [2.05, 4.69) is 5.32 Å². The Morgan fingerprint density at radius 2 is 1.63 bits per heavy atom. The molecule has 0 amide bonds. The zero-order chi connectivity index (χ0) is 14.0. The fourth-order valence-electron chi connectivity index (χ4n) is 1.56. The number of halogens is 4. The van der Waals surface area contributed by atoms with Crippen LogP contribution < -0.4 is 5.32 Å². The van der Waals surface area contributed by atoms with Gasteiger partial charge in [-0.25, -0.2) is 17.6 Å². The fourth-order valence-corrected chi connectivity index (χ4v) is 1.56. The molecular weight excluding hydrogens is 262 g/mol. The van der Waals surface area contributed by atoms with Crippen LogP contribution in [0.2, 0.25) is 0 Å². The molecule has 2 nitrogen and oxygen atoms in total. The van der Waals surface area contributed by atoms with E-state index in [0.717, 1.165) is 18.2 Å². The predicted octanol–water partition coefficient (Wildman–Crippen LogP) is 3.56. The van der Waals surface area contributed by atoms with Crippen molar-refractivity contribution in [1.82, 2.24) is 0 Å². The summed E-state index contributed by atoms with van der Waals surface area (Å²) in [5.41, 5.74) is -0.105. The maximum Gasteiger partial charge on any atom is 0.196 e. The number of phenolic OH excluding ortho intramolecular Hbond substituents is 1. The molecule has 0 aliphatic rings. The van der Waals surface area contributed by atoms with E-state index in [9.17, 15) is 22.7 Å². The van der Waals surface area contributed by atoms with Crippen LogP contribution >= 0.6 is 0 Å². The van der Waals surface area contributed by atoms with Crippen molar-refractivity contribution in [3.8, 4) is 5.75 Å². The Kier molecular flexibility index (Phi) is 3.59. The largest absolute Gasteiger partial charge is 0.505 e. The van der Waals surface area contributed by atoms with Gasteiger partial charge in [-0.05, 0) is 18.2 Å². The van der Waals surface area contributed by atoms with E-state index < -0.39 is 29.0 Å². The first-order valence-corrected chi connectivity index (χ1v) is 5.34. The second-order valence-corrected chi connectivity index (χ2v) is 3.82. The number of hydrogen-bond donors (Lipinski definition) is 2. The smallest absolute Gasteiger partial charge is 0.196 e. The van der Waals surface area contributed by atoms with E-state index >= 15 is 0 Å². The van der Waals surface area contributed by atoms with Gasteiger partial charge in [0.15, 0.2) is 29.0 Å². The van der Waals surface area contributed by atoms with Crippen LogP contribution in [-0.2, 0) is 6.54 Å². The number of hydrogen-bond acceptors (Lipinski definition) is 2. The highest BCUT2D eigenvalue weighted by molar-refractivity contribution is 5.47. The van der Waals surface area contributed by atoms with Crippen molar-refractivity contribution < 1.29 is 22.7 Å². The van der Waals surface area contributed by atoms with Crippen LogP contribution in [0.15, 0.2) is 30.3 Å². The summed E-state index contributed by atoms with van der Waals surface area (Å²) in [6, 6.07) is 5.64. The minimum absolute atomic E-state index is 0.133. The molecule has 0 unspecified atom stereocenters. The van der Waals surface area contributed by atoms with Crippen LogP contribution in [0.4, 0.5) is 23.2 Å². The number of rotatable bonds is 3. The summed E-state index contributed by atoms with van der Waals surface area (Å²) in [7, 11) is 0. The standard InChI is InChI=1S/C13H9F4NO/c14-8-4-5-10(12(17)11(8)16)18-6-7-2-1-3-9(15)13(7)19/h1-5,18-19H,6H2. The maximum absolute atomic E-state index is 13.3. The molecule has 2 aromatic rings. The van der Waals surface area contributed by atoms with Gasteiger partial charge in [-0.2, -0.15) is 0 Å². The summed E-state index contributed by atoms with van der Waals surface area (Å²) < 4.78 is 52.0. The lowest BCUT2D eigenvalue weighted by molar-refractivity contribution is 0.426. The molecule has 2 rings (SSSR count). The molecule has 0 bridgehead atoms. The molecule has 0 aromatic heterocycles. The van der Waals surface area contributed by atoms with Crippen molar-refractivity contribution >= 4 is 5.69 Å². The van der Waals surface area contributed by atoms with Gasteiger partial charge in [0.25, 0.3) is 0 Å². The number of benzene rings is 2. The van der Waals surface area contributed by atoms with Crippen molar-refractivity contribution in [2.45, 2.75) is 6.54 Å². The Morgan fingerprint density at radius 3 is 2.37 bits per heavy atom. The number of aromatic hydroxyl groups is 1. The topological polar surface area (TPSA) is 32.3 Å². The van der Waals surface area contributed by atoms with Gasteiger partial charge in [0, 0.05) is 12.1 Å². The molecule has 0 aliphatic heterocycles. The van der Waals surface area contributed by atoms with Crippen LogP contribution in [0, 0.1) is 23.3 Å². The summed E-state index contributed by atoms with van der Waals surface area (Å²) in [4.78, 5) is 0. The number of anilines is 1. The first-order chi connectivity index (χ1) is 9.00. The van der Waals surface area contributed by atoms with E-state index in [1.165, 1.54) is 12.1 Å². The van der Waals surface area contributed by atoms with Crippen LogP contribution in [0.5, 0.6) is 5.75 Å². The average molecular weight is 271 g/mol. The van der Waals surface area contributed by atoms with Crippen molar-refractivity contribution in [3.05, 3.63) is 59.2 Å². The van der Waals surface area contributed by atoms with Crippen molar-refractivity contribution in [2.75, 3.05) is 5.32 Å². The zero-order valence-electron chi connectivity index (χ0n) is 9.55. The quantitative estimate of drug-likeness (QED) is 0.661. The summed E-state index contributed by atoms with van der Waals surface area (Å²) in [5, 5.41) is 11.9. The molecule has 0 saturated heterocycles. The van der Waals surface area contributed by atoms with Gasteiger partial charge in [-0.3, -0.25) is 0 Å². The van der Waals surface area contributed by atoms with Gasteiger partial charge < -0.3 is 10.4 Å². The second-order valence-electron chi connectivity index (χ2n) is 3.82. The van der Waals surface area contributed by atoms with Crippen molar-refractivity contribution in [3.63, 3.8) is 0 Å². The summed E-state index contributed by atoms with van der Waals surface area (Å²) in [6.07, 6.45) is 0. The highest BCUT2D eigenvalue weighted by atomic mass is 19.2. The molecule has 19 heavy (non-hydrogen) atoms. The highest BCUT2D eigenvalue weighted by Gasteiger charge is 2.13. The molecule has 0 radical (unpaired) electrons. The number of para-hydroxylation sites is 1. The van der Waals surface area contributed by atoms with Crippen LogP contribution in [0.1, 0.15) is 5.56 Å². The minimum Gasteiger partial charge on any atom is -0.505 e. The molecule has 2 aromatic carbocycles. The summed E-state index contributed by atoms with van der Waals surface area (Å²) in [6.45, 7) is -0.133. The molecule has 100 valence electrons. The lowest BCUT2D eigenvalue weighted by Crippen LogP contribution is -2.04. The Morgan fingerprint density at radius 1 is 0.895 bits per heavy atom. The van der Waals surface area contributed by atoms with E-state index in [0.29, 0.717) is 0 Å². The second kappa shape index (κ2) is 5.17. The third-order valence-electron chi connectivity index (χ3n) is 2.57. The first-order valence-electron chi connectivity index (χ1n) is 5.34. The molecule has 0 heterocycles. The molecule has 0 saturated carbocycles. The average Bonchev–Trinajstić information content (AvgIpc) is 2.40. The molecular formula is C13H9F4NO. The van der Waals surface area contributed by atoms with E-state index in [1.807, 2.05) is 0 Å². The third kappa shape index (κ3) is 2.62. The summed E-state index contributed by atoms with van der Waals surface area (Å²) in [5.74, 6) is -5.64. The van der Waals surface area contributed by atoms with Gasteiger partial charge in [0.05, 0.1) is 5.69 Å². The monoisotopic (exact) mass is 271 g/mol. The molecule has 0 aliphatic carbocycles. The molecule has 2 N–H and O–H groups in total. The lowest BCUT2D eigenvalue weighted by atomic mass is 10.2. The van der Waals surface area contributed by atoms with Crippen LogP contribution in [0.3, 0.4) is 0 Å². The number of nitrogens with one attached hydrogen (secondary N) is 1. The van der Waals surface area contributed by atoms with E-state index in [1.54, 1.807) is 0 Å². The van der Waals surface area contributed by atoms with Gasteiger partial charge in [0.2, 0.25) is 0 Å². The maximum atomic E-state index is 13.3. The molecule has 0 spiro atoms. The predicted molar refractivity (Wildman–Crippen MR) is 61.7 cm³/mol. The van der Waals surface area contributed by atoms with Gasteiger partial charge >= 0.3 is 0 Å². The van der Waals surface area contributed by atoms with Crippen LogP contribution in [0.25, 0.3) is 0 Å².